The van der Waals surface area contributed by atoms with Gasteiger partial charge in [-0.25, -0.2) is 4.57 Å². The van der Waals surface area contributed by atoms with Crippen LogP contribution in [0, 0.1) is 0 Å². The molecule has 2 atom stereocenters. The minimum Gasteiger partial charge on any atom is -0.462 e. The lowest BCUT2D eigenvalue weighted by atomic mass is 10.0. The standard InChI is InChI=1S/C80H136NO8P/c1-6-8-10-12-14-16-18-20-22-24-26-28-30-32-34-35-36-37-38-39-40-41-42-43-44-45-47-49-51-53-55-57-59-61-63-65-67-69-71-73-80(83)89-78(77-88-90(84,85)87-75-74-81(3,4)5)76-86-79(82)72-70-68-66-64-62-60-58-56-54-52-50-48-46-33-31-29-27-25-23-21-19-17-15-13-11-9-7-2/h8-11,14-17,20-23,26-29,32-34,36-37,39-40,46,78H,6-7,12-13,18-19,24-25,30-31,35,38,41-45,47-77H2,1-5H3/p+1/b10-8-,11-9-,16-14-,17-15-,22-20-,23-21-,28-26-,29-27-,34-32-,37-36-,40-39-,46-33-. The Kier molecular flexibility index (Phi) is 66.1. The SMILES string of the molecule is CC/C=C\C/C=C\C/C=C\C/C=C\C/C=C\C/C=C\C/C=C\CCCCCCCCCCCCCCCCCCCC(=O)OC(COC(=O)CCCCCCCCCCCCC/C=C\C/C=C\C/C=C\C/C=C\C/C=C\CC)COP(=O)(O)OCC[N+](C)(C)C. The second-order valence-corrected chi connectivity index (χ2v) is 26.7. The average Bonchev–Trinajstić information content (AvgIpc) is 3.58. The van der Waals surface area contributed by atoms with E-state index >= 15 is 0 Å². The van der Waals surface area contributed by atoms with Crippen LogP contribution in [-0.2, 0) is 32.7 Å². The third kappa shape index (κ3) is 72.9. The fraction of sp³-hybridized carbons (Fsp3) is 0.675. The van der Waals surface area contributed by atoms with Gasteiger partial charge in [-0.3, -0.25) is 18.6 Å². The van der Waals surface area contributed by atoms with Crippen molar-refractivity contribution in [3.05, 3.63) is 146 Å². The van der Waals surface area contributed by atoms with E-state index in [1.54, 1.807) is 0 Å². The van der Waals surface area contributed by atoms with E-state index in [2.05, 4.69) is 160 Å². The first-order valence-electron chi connectivity index (χ1n) is 36.6. The lowest BCUT2D eigenvalue weighted by molar-refractivity contribution is -0.870. The summed E-state index contributed by atoms with van der Waals surface area (Å²) in [6.45, 7) is 4.22. The molecule has 0 rings (SSSR count). The summed E-state index contributed by atoms with van der Waals surface area (Å²) in [5.74, 6) is -0.799. The van der Waals surface area contributed by atoms with Gasteiger partial charge in [0.15, 0.2) is 6.10 Å². The molecule has 0 heterocycles. The van der Waals surface area contributed by atoms with Crippen LogP contribution in [0.25, 0.3) is 0 Å². The van der Waals surface area contributed by atoms with Gasteiger partial charge < -0.3 is 18.9 Å². The van der Waals surface area contributed by atoms with Gasteiger partial charge in [-0.15, -0.1) is 0 Å². The molecular weight excluding hydrogens is 1130 g/mol. The number of carbonyl (C=O) groups excluding carboxylic acids is 2. The van der Waals surface area contributed by atoms with E-state index in [4.69, 9.17) is 18.5 Å². The Bertz CT molecular complexity index is 2030. The molecule has 0 radical (unpaired) electrons. The lowest BCUT2D eigenvalue weighted by Crippen LogP contribution is -2.37. The maximum Gasteiger partial charge on any atom is 0.472 e. The number of allylic oxidation sites excluding steroid dienone is 24. The molecule has 1 N–H and O–H groups in total. The zero-order chi connectivity index (χ0) is 65.5. The van der Waals surface area contributed by atoms with Crippen molar-refractivity contribution in [2.45, 2.75) is 302 Å². The molecular formula is C80H137NO8P+. The highest BCUT2D eigenvalue weighted by Crippen LogP contribution is 2.43. The molecule has 0 spiro atoms. The highest BCUT2D eigenvalue weighted by molar-refractivity contribution is 7.47. The quantitative estimate of drug-likeness (QED) is 0.0211. The van der Waals surface area contributed by atoms with E-state index in [1.165, 1.54) is 148 Å². The van der Waals surface area contributed by atoms with Crippen molar-refractivity contribution in [3.63, 3.8) is 0 Å². The maximum atomic E-state index is 12.9. The predicted octanol–water partition coefficient (Wildman–Crippen LogP) is 24.2. The Labute approximate surface area is 554 Å². The van der Waals surface area contributed by atoms with Crippen LogP contribution in [0.15, 0.2) is 146 Å². The van der Waals surface area contributed by atoms with Gasteiger partial charge in [0.05, 0.1) is 27.7 Å². The van der Waals surface area contributed by atoms with Crippen LogP contribution in [-0.4, -0.2) is 74.9 Å². The lowest BCUT2D eigenvalue weighted by Gasteiger charge is -2.24. The Morgan fingerprint density at radius 3 is 0.889 bits per heavy atom. The Hall–Kier alpha value is -4.11. The van der Waals surface area contributed by atoms with Gasteiger partial charge in [0.2, 0.25) is 0 Å². The van der Waals surface area contributed by atoms with E-state index in [9.17, 15) is 19.0 Å². The number of nitrogens with zero attached hydrogens (tertiary/aromatic N) is 1. The highest BCUT2D eigenvalue weighted by atomic mass is 31.2. The van der Waals surface area contributed by atoms with Crippen molar-refractivity contribution in [2.75, 3.05) is 47.5 Å². The van der Waals surface area contributed by atoms with Crippen LogP contribution >= 0.6 is 7.82 Å². The number of carbonyl (C=O) groups is 2. The van der Waals surface area contributed by atoms with Gasteiger partial charge >= 0.3 is 19.8 Å². The zero-order valence-electron chi connectivity index (χ0n) is 58.6. The summed E-state index contributed by atoms with van der Waals surface area (Å²) >= 11 is 0. The van der Waals surface area contributed by atoms with Crippen LogP contribution in [0.5, 0.6) is 0 Å². The number of hydrogen-bond acceptors (Lipinski definition) is 7. The van der Waals surface area contributed by atoms with Crippen molar-refractivity contribution in [1.82, 2.24) is 0 Å². The minimum atomic E-state index is -4.40. The Morgan fingerprint density at radius 1 is 0.344 bits per heavy atom. The number of esters is 2. The van der Waals surface area contributed by atoms with Crippen molar-refractivity contribution in [3.8, 4) is 0 Å². The fourth-order valence-corrected chi connectivity index (χ4v) is 10.6. The second-order valence-electron chi connectivity index (χ2n) is 25.2. The summed E-state index contributed by atoms with van der Waals surface area (Å²) in [5, 5.41) is 0. The molecule has 0 aromatic heterocycles. The topological polar surface area (TPSA) is 108 Å². The monoisotopic (exact) mass is 1270 g/mol. The molecule has 514 valence electrons. The highest BCUT2D eigenvalue weighted by Gasteiger charge is 2.27. The van der Waals surface area contributed by atoms with Crippen LogP contribution in [0.2, 0.25) is 0 Å². The summed E-state index contributed by atoms with van der Waals surface area (Å²) in [6, 6.07) is 0. The number of ether oxygens (including phenoxy) is 2. The van der Waals surface area contributed by atoms with E-state index in [0.29, 0.717) is 17.4 Å². The number of quaternary nitrogens is 1. The molecule has 90 heavy (non-hydrogen) atoms. The summed E-state index contributed by atoms with van der Waals surface area (Å²) in [7, 11) is 1.47. The Morgan fingerprint density at radius 2 is 0.600 bits per heavy atom. The molecule has 0 saturated heterocycles. The van der Waals surface area contributed by atoms with Crippen molar-refractivity contribution in [2.24, 2.45) is 0 Å². The molecule has 0 aliphatic rings. The first-order chi connectivity index (χ1) is 44.0. The van der Waals surface area contributed by atoms with Gasteiger partial charge in [-0.2, -0.15) is 0 Å². The molecule has 9 nitrogen and oxygen atoms in total. The van der Waals surface area contributed by atoms with Gasteiger partial charge in [-0.05, 0) is 116 Å². The van der Waals surface area contributed by atoms with E-state index in [1.807, 2.05) is 21.1 Å². The molecule has 0 aliphatic heterocycles. The summed E-state index contributed by atoms with van der Waals surface area (Å²) < 4.78 is 34.8. The first-order valence-corrected chi connectivity index (χ1v) is 38.1. The van der Waals surface area contributed by atoms with Gasteiger partial charge in [0.1, 0.15) is 19.8 Å². The van der Waals surface area contributed by atoms with Crippen LogP contribution in [0.1, 0.15) is 296 Å². The fourth-order valence-electron chi connectivity index (χ4n) is 9.85. The van der Waals surface area contributed by atoms with E-state index in [-0.39, 0.29) is 32.0 Å². The van der Waals surface area contributed by atoms with Crippen LogP contribution in [0.4, 0.5) is 0 Å². The smallest absolute Gasteiger partial charge is 0.462 e. The molecule has 0 amide bonds. The first kappa shape index (κ1) is 85.9. The van der Waals surface area contributed by atoms with Crippen LogP contribution < -0.4 is 0 Å². The maximum absolute atomic E-state index is 12.9. The molecule has 2 unspecified atom stereocenters. The molecule has 10 heteroatoms. The number of likely N-dealkylation sites (N-methyl/N-ethyl adjacent to an activating group) is 1. The van der Waals surface area contributed by atoms with E-state index in [0.717, 1.165) is 116 Å². The number of phosphoric acid groups is 1. The zero-order valence-corrected chi connectivity index (χ0v) is 59.5. The predicted molar refractivity (Wildman–Crippen MR) is 390 cm³/mol. The van der Waals surface area contributed by atoms with Crippen LogP contribution in [0.3, 0.4) is 0 Å². The van der Waals surface area contributed by atoms with Gasteiger partial charge in [0.25, 0.3) is 0 Å². The van der Waals surface area contributed by atoms with Crippen molar-refractivity contribution >= 4 is 19.8 Å². The number of hydrogen-bond donors (Lipinski definition) is 1. The third-order valence-electron chi connectivity index (χ3n) is 15.4. The number of rotatable bonds is 66. The third-order valence-corrected chi connectivity index (χ3v) is 16.3. The largest absolute Gasteiger partial charge is 0.472 e. The van der Waals surface area contributed by atoms with Gasteiger partial charge in [0, 0.05) is 12.8 Å². The molecule has 0 bridgehead atoms. The molecule has 0 fully saturated rings. The van der Waals surface area contributed by atoms with Gasteiger partial charge in [-0.1, -0.05) is 314 Å². The minimum absolute atomic E-state index is 0.0263. The summed E-state index contributed by atoms with van der Waals surface area (Å²) in [5.41, 5.74) is 0. The summed E-state index contributed by atoms with van der Waals surface area (Å²) in [6.07, 6.45) is 102. The molecule has 0 aromatic rings. The summed E-state index contributed by atoms with van der Waals surface area (Å²) in [4.78, 5) is 35.9. The second kappa shape index (κ2) is 69.2. The van der Waals surface area contributed by atoms with E-state index < -0.39 is 26.5 Å². The number of phosphoric ester groups is 1. The number of unbranched alkanes of at least 4 members (excludes halogenated alkanes) is 28. The Balaban J connectivity index is 4.03. The molecule has 0 aliphatic carbocycles. The molecule has 0 aromatic carbocycles. The average molecular weight is 1270 g/mol. The van der Waals surface area contributed by atoms with Crippen molar-refractivity contribution in [1.29, 1.82) is 0 Å². The molecule has 0 saturated carbocycles. The van der Waals surface area contributed by atoms with Crippen molar-refractivity contribution < 1.29 is 42.1 Å². The normalized spacial score (nSPS) is 14.0.